The summed E-state index contributed by atoms with van der Waals surface area (Å²) in [5.41, 5.74) is 5.09. The molecule has 51 heavy (non-hydrogen) atoms. The predicted molar refractivity (Wildman–Crippen MR) is 201 cm³/mol. The molecule has 2 nitrogen and oxygen atoms in total. The molecule has 0 aliphatic rings. The van der Waals surface area contributed by atoms with Gasteiger partial charge in [-0.2, -0.15) is 0 Å². The summed E-state index contributed by atoms with van der Waals surface area (Å²) in [6.07, 6.45) is 0. The van der Waals surface area contributed by atoms with E-state index in [1.165, 1.54) is 34.5 Å². The van der Waals surface area contributed by atoms with Crippen LogP contribution in [0.2, 0.25) is 0 Å². The van der Waals surface area contributed by atoms with Gasteiger partial charge in [-0.05, 0) is 74.5 Å². The SMILES string of the molecule is Cc1ccc(C(=O)c2ccc3sc4ccc(-[s+]5c6ccccc6c6cc(C(=O)c7ccc(C)cc7)ccc65)cc4c3c2)cc1.F[P-](F)(F)(F)(F)F. The van der Waals surface area contributed by atoms with Gasteiger partial charge in [-0.15, -0.1) is 11.3 Å². The third kappa shape index (κ3) is 7.59. The van der Waals surface area contributed by atoms with E-state index in [1.54, 1.807) is 11.3 Å². The van der Waals surface area contributed by atoms with E-state index >= 15 is 0 Å². The number of aryl methyl sites for hydroxylation is 2. The van der Waals surface area contributed by atoms with Crippen molar-refractivity contribution in [2.45, 2.75) is 13.8 Å². The van der Waals surface area contributed by atoms with Gasteiger partial charge in [0, 0.05) is 69.7 Å². The van der Waals surface area contributed by atoms with Gasteiger partial charge in [0.15, 0.2) is 25.9 Å². The fourth-order valence-corrected chi connectivity index (χ4v) is 9.52. The number of ketones is 2. The number of thiophene rings is 2. The molecule has 0 saturated heterocycles. The fraction of sp³-hybridized carbons (Fsp3) is 0.0500. The van der Waals surface area contributed by atoms with Crippen LogP contribution in [0.4, 0.5) is 25.2 Å². The average Bonchev–Trinajstić information content (AvgIpc) is 3.61. The van der Waals surface area contributed by atoms with Gasteiger partial charge in [0.2, 0.25) is 0 Å². The molecule has 0 saturated carbocycles. The Kier molecular flexibility index (Phi) is 8.02. The van der Waals surface area contributed by atoms with Crippen LogP contribution < -0.4 is 0 Å². The molecule has 2 aromatic heterocycles. The normalized spacial score (nSPS) is 13.5. The van der Waals surface area contributed by atoms with Crippen molar-refractivity contribution >= 4 is 81.5 Å². The third-order valence-corrected chi connectivity index (χ3v) is 11.9. The zero-order chi connectivity index (χ0) is 36.4. The van der Waals surface area contributed by atoms with Crippen LogP contribution in [0, 0.1) is 13.8 Å². The molecule has 0 amide bonds. The van der Waals surface area contributed by atoms with Crippen molar-refractivity contribution in [3.63, 3.8) is 0 Å². The second kappa shape index (κ2) is 11.8. The van der Waals surface area contributed by atoms with E-state index in [9.17, 15) is 34.8 Å². The van der Waals surface area contributed by atoms with Gasteiger partial charge in [-0.3, -0.25) is 9.59 Å². The van der Waals surface area contributed by atoms with Gasteiger partial charge >= 0.3 is 33.0 Å². The van der Waals surface area contributed by atoms with Crippen molar-refractivity contribution in [1.29, 1.82) is 0 Å². The number of hydrogen-bond acceptors (Lipinski definition) is 3. The minimum atomic E-state index is -10.7. The molecule has 11 heteroatoms. The summed E-state index contributed by atoms with van der Waals surface area (Å²) in [4.78, 5) is 28.0. The topological polar surface area (TPSA) is 34.1 Å². The van der Waals surface area contributed by atoms with E-state index in [2.05, 4.69) is 66.7 Å². The van der Waals surface area contributed by atoms with E-state index in [-0.39, 0.29) is 22.0 Å². The molecular formula is C40H27F6O2PS2. The Morgan fingerprint density at radius 3 is 1.49 bits per heavy atom. The number of rotatable bonds is 5. The number of hydrogen-bond donors (Lipinski definition) is 0. The summed E-state index contributed by atoms with van der Waals surface area (Å²) in [6, 6.07) is 43.2. The molecular weight excluding hydrogens is 722 g/mol. The Balaban J connectivity index is 0.000000529. The van der Waals surface area contributed by atoms with E-state index in [1.807, 2.05) is 74.5 Å². The fourth-order valence-electron chi connectivity index (χ4n) is 6.07. The van der Waals surface area contributed by atoms with Crippen molar-refractivity contribution in [3.05, 3.63) is 161 Å². The van der Waals surface area contributed by atoms with Crippen LogP contribution in [0.1, 0.15) is 43.0 Å². The van der Waals surface area contributed by atoms with Gasteiger partial charge in [-0.25, -0.2) is 0 Å². The molecule has 0 aliphatic carbocycles. The summed E-state index contributed by atoms with van der Waals surface area (Å²) in [5, 5.41) is 4.60. The van der Waals surface area contributed by atoms with E-state index in [4.69, 9.17) is 0 Å². The Labute approximate surface area is 294 Å². The van der Waals surface area contributed by atoms with Gasteiger partial charge in [0.25, 0.3) is 0 Å². The summed E-state index contributed by atoms with van der Waals surface area (Å²) in [5.74, 6) is 0.0816. The van der Waals surface area contributed by atoms with Gasteiger partial charge < -0.3 is 0 Å². The molecule has 8 aromatic rings. The molecule has 8 rings (SSSR count). The Morgan fingerprint density at radius 1 is 0.490 bits per heavy atom. The van der Waals surface area contributed by atoms with Crippen LogP contribution in [0.15, 0.2) is 127 Å². The van der Waals surface area contributed by atoms with Crippen LogP contribution in [0.25, 0.3) is 45.2 Å². The van der Waals surface area contributed by atoms with Gasteiger partial charge in [-0.1, -0.05) is 71.8 Å². The summed E-state index contributed by atoms with van der Waals surface area (Å²) in [7, 11) is -11.0. The zero-order valence-corrected chi connectivity index (χ0v) is 29.5. The molecule has 1 atom stereocenters. The zero-order valence-electron chi connectivity index (χ0n) is 27.0. The van der Waals surface area contributed by atoms with Crippen molar-refractivity contribution in [3.8, 4) is 4.90 Å². The van der Waals surface area contributed by atoms with Crippen molar-refractivity contribution < 1.29 is 34.8 Å². The monoisotopic (exact) mass is 748 g/mol. The second-order valence-corrected chi connectivity index (χ2v) is 17.3. The molecule has 6 aromatic carbocycles. The van der Waals surface area contributed by atoms with Crippen LogP contribution in [-0.2, 0) is 0 Å². The van der Waals surface area contributed by atoms with Crippen LogP contribution in [0.5, 0.6) is 0 Å². The summed E-state index contributed by atoms with van der Waals surface area (Å²) in [6.45, 7) is 4.06. The molecule has 0 radical (unpaired) electrons. The van der Waals surface area contributed by atoms with E-state index in [0.29, 0.717) is 22.3 Å². The van der Waals surface area contributed by atoms with Crippen molar-refractivity contribution in [1.82, 2.24) is 0 Å². The molecule has 2 heterocycles. The molecule has 0 spiro atoms. The quantitative estimate of drug-likeness (QED) is 0.0760. The van der Waals surface area contributed by atoms with E-state index in [0.717, 1.165) is 21.9 Å². The first-order valence-corrected chi connectivity index (χ1v) is 19.7. The predicted octanol–water partition coefficient (Wildman–Crippen LogP) is 14.6. The van der Waals surface area contributed by atoms with Crippen LogP contribution in [-0.4, -0.2) is 11.6 Å². The Morgan fingerprint density at radius 2 is 0.922 bits per heavy atom. The summed E-state index contributed by atoms with van der Waals surface area (Å²) >= 11 is 1.76. The molecule has 0 N–H and O–H groups in total. The number of halogens is 6. The first-order valence-electron chi connectivity index (χ1n) is 15.6. The molecule has 258 valence electrons. The number of fused-ring (bicyclic) bond motifs is 6. The number of carbonyl (C=O) groups excluding carboxylic acids is 2. The standard InChI is InChI=1S/C40H27O2S2.F6P/c1-24-7-11-26(12-8-24)39(41)28-15-18-35-32(21-28)33-23-30(17-19-36(33)43-35)44-37-6-4-3-5-31(37)34-22-29(16-20-38(34)44)40(42)27-13-9-25(2)10-14-27;1-7(2,3,4,5)6/h3-23H,1-2H3;/q+1;-1. The Hall–Kier alpha value is -4.89. The second-order valence-electron chi connectivity index (χ2n) is 12.3. The first kappa shape index (κ1) is 34.6. The maximum absolute atomic E-state index is 13.4. The Bertz CT molecular complexity index is 2670. The number of benzene rings is 6. The van der Waals surface area contributed by atoms with Crippen molar-refractivity contribution in [2.24, 2.45) is 0 Å². The number of carbonyl (C=O) groups is 2. The maximum atomic E-state index is 13.4. The van der Waals surface area contributed by atoms with Crippen LogP contribution in [0.3, 0.4) is 0 Å². The van der Waals surface area contributed by atoms with E-state index < -0.39 is 7.81 Å². The molecule has 1 unspecified atom stereocenters. The van der Waals surface area contributed by atoms with Crippen molar-refractivity contribution in [2.75, 3.05) is 0 Å². The minimum absolute atomic E-state index is 0.0407. The van der Waals surface area contributed by atoms with Gasteiger partial charge in [0.05, 0.1) is 0 Å². The van der Waals surface area contributed by atoms with Crippen LogP contribution >= 0.6 is 29.6 Å². The molecule has 0 fully saturated rings. The summed E-state index contributed by atoms with van der Waals surface area (Å²) < 4.78 is 64.1. The molecule has 0 aliphatic heterocycles. The van der Waals surface area contributed by atoms with Gasteiger partial charge in [0.1, 0.15) is 0 Å². The molecule has 0 bridgehead atoms. The first-order chi connectivity index (χ1) is 23.9. The third-order valence-electron chi connectivity index (χ3n) is 8.42. The average molecular weight is 749 g/mol.